The van der Waals surface area contributed by atoms with Gasteiger partial charge in [-0.2, -0.15) is 0 Å². The van der Waals surface area contributed by atoms with Crippen LogP contribution in [0.1, 0.15) is 42.2 Å². The van der Waals surface area contributed by atoms with Crippen LogP contribution in [-0.2, 0) is 0 Å². The molecule has 4 aromatic rings. The minimum Gasteiger partial charge on any atom is -0.478 e. The number of anilines is 1. The molecule has 0 saturated carbocycles. The highest BCUT2D eigenvalue weighted by Crippen LogP contribution is 2.35. The number of urea groups is 1. The Morgan fingerprint density at radius 1 is 0.816 bits per heavy atom. The summed E-state index contributed by atoms with van der Waals surface area (Å²) in [7, 11) is 0. The van der Waals surface area contributed by atoms with Crippen LogP contribution < -0.4 is 10.6 Å². The van der Waals surface area contributed by atoms with Crippen LogP contribution in [0.25, 0.3) is 10.8 Å². The number of aromatic carboxylic acids is 1. The number of carboxylic acids is 1. The summed E-state index contributed by atoms with van der Waals surface area (Å²) in [5, 5.41) is 15.1. The highest BCUT2D eigenvalue weighted by atomic mass is 35.5. The molecule has 7 nitrogen and oxygen atoms in total. The quantitative estimate of drug-likeness (QED) is 0.239. The van der Waals surface area contributed by atoms with Crippen molar-refractivity contribution in [3.05, 3.63) is 110 Å². The highest BCUT2D eigenvalue weighted by Gasteiger charge is 2.27. The fraction of sp³-hybridized carbons (Fsp3) is 0.0370. The summed E-state index contributed by atoms with van der Waals surface area (Å²) >= 11 is 12.7. The number of nitrogens with one attached hydrogen (secondary N) is 2. The Hall–Kier alpha value is -4.34. The van der Waals surface area contributed by atoms with Crippen LogP contribution in [0, 0.1) is 18.6 Å². The van der Waals surface area contributed by atoms with Crippen LogP contribution in [0.5, 0.6) is 0 Å². The van der Waals surface area contributed by atoms with E-state index >= 15 is 0 Å². The highest BCUT2D eigenvalue weighted by molar-refractivity contribution is 6.39. The third-order valence-corrected chi connectivity index (χ3v) is 6.55. The minimum absolute atomic E-state index is 0.109. The molecule has 0 aliphatic carbocycles. The lowest BCUT2D eigenvalue weighted by atomic mass is 9.92. The van der Waals surface area contributed by atoms with E-state index < -0.39 is 46.5 Å². The van der Waals surface area contributed by atoms with Gasteiger partial charge in [-0.15, -0.1) is 0 Å². The molecule has 192 valence electrons. The van der Waals surface area contributed by atoms with Crippen LogP contribution in [0.15, 0.2) is 60.7 Å². The number of halogens is 4. The van der Waals surface area contributed by atoms with Crippen molar-refractivity contribution in [2.24, 2.45) is 0 Å². The second-order valence-corrected chi connectivity index (χ2v) is 8.85. The van der Waals surface area contributed by atoms with Crippen molar-refractivity contribution in [1.29, 1.82) is 0 Å². The summed E-state index contributed by atoms with van der Waals surface area (Å²) in [6.45, 7) is 1.42. The van der Waals surface area contributed by atoms with E-state index in [1.165, 1.54) is 19.1 Å². The Labute approximate surface area is 224 Å². The van der Waals surface area contributed by atoms with Crippen molar-refractivity contribution >= 4 is 63.4 Å². The summed E-state index contributed by atoms with van der Waals surface area (Å²) in [5.41, 5.74) is -1.70. The number of benzene rings is 4. The van der Waals surface area contributed by atoms with Crippen LogP contribution >= 0.6 is 23.2 Å². The van der Waals surface area contributed by atoms with Gasteiger partial charge in [-0.25, -0.2) is 18.4 Å². The normalized spacial score (nSPS) is 10.8. The van der Waals surface area contributed by atoms with Crippen molar-refractivity contribution in [1.82, 2.24) is 5.32 Å². The van der Waals surface area contributed by atoms with Crippen molar-refractivity contribution in [3.63, 3.8) is 0 Å². The molecule has 38 heavy (non-hydrogen) atoms. The van der Waals surface area contributed by atoms with Crippen molar-refractivity contribution in [2.45, 2.75) is 6.92 Å². The lowest BCUT2D eigenvalue weighted by molar-refractivity contribution is 0.0692. The van der Waals surface area contributed by atoms with Gasteiger partial charge in [-0.05, 0) is 48.2 Å². The molecule has 0 aliphatic heterocycles. The average molecular weight is 557 g/mol. The van der Waals surface area contributed by atoms with E-state index in [1.807, 2.05) is 0 Å². The third-order valence-electron chi connectivity index (χ3n) is 5.75. The number of hydrogen-bond acceptors (Lipinski definition) is 4. The van der Waals surface area contributed by atoms with E-state index in [9.17, 15) is 33.1 Å². The molecule has 0 unspecified atom stereocenters. The predicted molar refractivity (Wildman–Crippen MR) is 138 cm³/mol. The summed E-state index contributed by atoms with van der Waals surface area (Å²) < 4.78 is 27.7. The molecule has 0 bridgehead atoms. The van der Waals surface area contributed by atoms with Gasteiger partial charge in [0.15, 0.2) is 5.78 Å². The van der Waals surface area contributed by atoms with Crippen molar-refractivity contribution in [3.8, 4) is 0 Å². The topological polar surface area (TPSA) is 113 Å². The molecular weight excluding hydrogens is 541 g/mol. The molecule has 0 saturated heterocycles. The zero-order chi connectivity index (χ0) is 27.7. The van der Waals surface area contributed by atoms with Crippen molar-refractivity contribution in [2.75, 3.05) is 5.32 Å². The Balaban J connectivity index is 1.71. The molecule has 0 fully saturated rings. The van der Waals surface area contributed by atoms with E-state index in [2.05, 4.69) is 5.32 Å². The zero-order valence-corrected chi connectivity index (χ0v) is 20.9. The second kappa shape index (κ2) is 10.6. The molecular formula is C27H16Cl2F2N2O5. The maximum absolute atomic E-state index is 13.9. The number of carboxylic acid groups (broad SMARTS) is 1. The van der Waals surface area contributed by atoms with Crippen LogP contribution in [0.4, 0.5) is 19.3 Å². The van der Waals surface area contributed by atoms with Crippen molar-refractivity contribution < 1.29 is 33.1 Å². The number of hydrogen-bond donors (Lipinski definition) is 3. The zero-order valence-electron chi connectivity index (χ0n) is 19.4. The first-order valence-electron chi connectivity index (χ1n) is 10.9. The average Bonchev–Trinajstić information content (AvgIpc) is 2.86. The van der Waals surface area contributed by atoms with E-state index in [0.717, 1.165) is 24.3 Å². The molecule has 0 atom stereocenters. The van der Waals surface area contributed by atoms with Crippen LogP contribution in [0.2, 0.25) is 10.0 Å². The van der Waals surface area contributed by atoms with Crippen LogP contribution in [-0.4, -0.2) is 28.8 Å². The van der Waals surface area contributed by atoms with E-state index in [-0.39, 0.29) is 27.4 Å². The second-order valence-electron chi connectivity index (χ2n) is 8.07. The van der Waals surface area contributed by atoms with E-state index in [0.29, 0.717) is 15.8 Å². The molecule has 3 amide bonds. The molecule has 3 N–H and O–H groups in total. The molecule has 4 rings (SSSR count). The third kappa shape index (κ3) is 4.93. The standard InChI is InChI=1S/C27H16Cl2F2N2O5/c1-12-20(32-27(38)33-25(35)22-18(30)7-4-8-19(22)31)11-16(26(36)37)21(23(12)29)24(34)15-9-10-17(28)14-6-3-2-5-13(14)15/h2-11H,1H3,(H,36,37)(H2,32,33,35,38). The van der Waals surface area contributed by atoms with Gasteiger partial charge in [-0.3, -0.25) is 14.9 Å². The molecule has 0 aliphatic rings. The van der Waals surface area contributed by atoms with Gasteiger partial charge >= 0.3 is 12.0 Å². The summed E-state index contributed by atoms with van der Waals surface area (Å²) in [5.74, 6) is -5.92. The monoisotopic (exact) mass is 556 g/mol. The lowest BCUT2D eigenvalue weighted by Crippen LogP contribution is -2.35. The van der Waals surface area contributed by atoms with E-state index in [4.69, 9.17) is 23.2 Å². The summed E-state index contributed by atoms with van der Waals surface area (Å²) in [6.07, 6.45) is 0. The van der Waals surface area contributed by atoms with Gasteiger partial charge < -0.3 is 10.4 Å². The number of rotatable bonds is 5. The summed E-state index contributed by atoms with van der Waals surface area (Å²) in [4.78, 5) is 50.3. The Bertz CT molecular complexity index is 1650. The Morgan fingerprint density at radius 3 is 2.08 bits per heavy atom. The maximum Gasteiger partial charge on any atom is 0.336 e. The number of amides is 3. The van der Waals surface area contributed by atoms with Gasteiger partial charge in [0.25, 0.3) is 5.91 Å². The molecule has 4 aromatic carbocycles. The number of fused-ring (bicyclic) bond motifs is 1. The summed E-state index contributed by atoms with van der Waals surface area (Å²) in [6, 6.07) is 12.3. The number of imide groups is 1. The number of carbonyl (C=O) groups excluding carboxylic acids is 3. The number of ketones is 1. The lowest BCUT2D eigenvalue weighted by Gasteiger charge is -2.16. The van der Waals surface area contributed by atoms with Gasteiger partial charge in [0, 0.05) is 21.7 Å². The molecule has 0 heterocycles. The van der Waals surface area contributed by atoms with Gasteiger partial charge in [0.05, 0.1) is 16.1 Å². The molecule has 11 heteroatoms. The first-order chi connectivity index (χ1) is 18.0. The maximum atomic E-state index is 13.9. The first-order valence-corrected chi connectivity index (χ1v) is 11.6. The number of carbonyl (C=O) groups is 4. The largest absolute Gasteiger partial charge is 0.478 e. The van der Waals surface area contributed by atoms with E-state index in [1.54, 1.807) is 29.6 Å². The molecule has 0 spiro atoms. The molecule has 0 aromatic heterocycles. The van der Waals surface area contributed by atoms with Gasteiger partial charge in [-0.1, -0.05) is 53.5 Å². The predicted octanol–water partition coefficient (Wildman–Crippen LogP) is 6.62. The fourth-order valence-corrected chi connectivity index (χ4v) is 4.42. The fourth-order valence-electron chi connectivity index (χ4n) is 3.90. The van der Waals surface area contributed by atoms with Crippen LogP contribution in [0.3, 0.4) is 0 Å². The van der Waals surface area contributed by atoms with Gasteiger partial charge in [0.1, 0.15) is 17.2 Å². The smallest absolute Gasteiger partial charge is 0.336 e. The Morgan fingerprint density at radius 2 is 1.45 bits per heavy atom. The SMILES string of the molecule is Cc1c(NC(=O)NC(=O)c2c(F)cccc2F)cc(C(=O)O)c(C(=O)c2ccc(Cl)c3ccccc23)c1Cl. The minimum atomic E-state index is -1.51. The van der Waals surface area contributed by atoms with Gasteiger partial charge in [0.2, 0.25) is 0 Å². The molecule has 0 radical (unpaired) electrons. The Kier molecular flexibility index (Phi) is 7.43. The first kappa shape index (κ1) is 26.7.